The monoisotopic (exact) mass is 484 g/mol. The Labute approximate surface area is 200 Å². The first-order chi connectivity index (χ1) is 16.2. The molecule has 1 aliphatic rings. The summed E-state index contributed by atoms with van der Waals surface area (Å²) in [4.78, 5) is 21.2. The lowest BCUT2D eigenvalue weighted by Gasteiger charge is -2.20. The van der Waals surface area contributed by atoms with Gasteiger partial charge in [0.05, 0.1) is 35.4 Å². The van der Waals surface area contributed by atoms with Gasteiger partial charge >= 0.3 is 0 Å². The molecule has 4 N–H and O–H groups in total. The third-order valence-electron chi connectivity index (χ3n) is 5.24. The highest BCUT2D eigenvalue weighted by Gasteiger charge is 2.34. The Morgan fingerprint density at radius 3 is 2.82 bits per heavy atom. The van der Waals surface area contributed by atoms with E-state index in [1.807, 2.05) is 12.1 Å². The highest BCUT2D eigenvalue weighted by molar-refractivity contribution is 8.09. The van der Waals surface area contributed by atoms with Crippen LogP contribution < -0.4 is 11.1 Å². The number of hydrogen-bond acceptors (Lipinski definition) is 8. The van der Waals surface area contributed by atoms with Gasteiger partial charge in [0.25, 0.3) is 0 Å². The molecule has 3 aromatic rings. The molecule has 1 aliphatic heterocycles. The van der Waals surface area contributed by atoms with E-state index in [-0.39, 0.29) is 13.2 Å². The standard InChI is InChI=1S/C24H25FN4O4S/c1-24(2,31)14-6-7-16(18(25)10-14)19-11-17(22(26)30)23(34-19)29-20-5-3-4-15(28-20)12-32-13-21-27-8-9-33-21/h3-11,17,23,31H,12-13H2,1-2H3,(H2,26,30)(H,28,29). The number of hydrogen-bond donors (Lipinski definition) is 3. The fourth-order valence-corrected chi connectivity index (χ4v) is 4.78. The molecule has 4 rings (SSSR count). The van der Waals surface area contributed by atoms with E-state index >= 15 is 0 Å². The van der Waals surface area contributed by atoms with Crippen LogP contribution >= 0.6 is 11.8 Å². The van der Waals surface area contributed by atoms with Gasteiger partial charge in [0.2, 0.25) is 11.8 Å². The number of carbonyl (C=O) groups excluding carboxylic acids is 1. The van der Waals surface area contributed by atoms with Crippen LogP contribution in [0.1, 0.15) is 36.6 Å². The summed E-state index contributed by atoms with van der Waals surface area (Å²) in [6.45, 7) is 3.65. The summed E-state index contributed by atoms with van der Waals surface area (Å²) in [7, 11) is 0. The second-order valence-electron chi connectivity index (χ2n) is 8.33. The van der Waals surface area contributed by atoms with E-state index in [2.05, 4.69) is 15.3 Å². The number of aliphatic hydroxyl groups is 1. The van der Waals surface area contributed by atoms with E-state index in [0.29, 0.717) is 33.4 Å². The van der Waals surface area contributed by atoms with E-state index in [4.69, 9.17) is 14.9 Å². The van der Waals surface area contributed by atoms with Gasteiger partial charge in [-0.1, -0.05) is 36.0 Å². The smallest absolute Gasteiger partial charge is 0.227 e. The number of benzene rings is 1. The van der Waals surface area contributed by atoms with Gasteiger partial charge in [-0.05, 0) is 37.6 Å². The summed E-state index contributed by atoms with van der Waals surface area (Å²) in [6.07, 6.45) is 4.69. The molecule has 0 aliphatic carbocycles. The molecule has 0 saturated carbocycles. The maximum absolute atomic E-state index is 14.8. The molecule has 1 aromatic carbocycles. The number of aromatic nitrogens is 2. The Kier molecular flexibility index (Phi) is 7.01. The maximum atomic E-state index is 14.8. The summed E-state index contributed by atoms with van der Waals surface area (Å²) < 4.78 is 25.6. The van der Waals surface area contributed by atoms with Crippen molar-refractivity contribution in [1.29, 1.82) is 0 Å². The first-order valence-electron chi connectivity index (χ1n) is 10.6. The van der Waals surface area contributed by atoms with E-state index in [9.17, 15) is 14.3 Å². The molecule has 3 heterocycles. The Morgan fingerprint density at radius 2 is 2.15 bits per heavy atom. The zero-order valence-electron chi connectivity index (χ0n) is 18.7. The highest BCUT2D eigenvalue weighted by atomic mass is 32.2. The Morgan fingerprint density at radius 1 is 1.32 bits per heavy atom. The Hall–Kier alpha value is -3.21. The van der Waals surface area contributed by atoms with Crippen molar-refractivity contribution >= 4 is 28.4 Å². The molecular formula is C24H25FN4O4S. The van der Waals surface area contributed by atoms with Crippen molar-refractivity contribution in [2.24, 2.45) is 11.7 Å². The van der Waals surface area contributed by atoms with Crippen LogP contribution in [0.25, 0.3) is 4.91 Å². The number of nitrogens with one attached hydrogen (secondary N) is 1. The number of primary amides is 1. The second kappa shape index (κ2) is 9.96. The number of nitrogens with zero attached hydrogens (tertiary/aromatic N) is 2. The Balaban J connectivity index is 1.45. The lowest BCUT2D eigenvalue weighted by molar-refractivity contribution is -0.120. The molecule has 0 bridgehead atoms. The zero-order valence-corrected chi connectivity index (χ0v) is 19.5. The van der Waals surface area contributed by atoms with Crippen LogP contribution in [0.15, 0.2) is 59.4 Å². The molecule has 0 spiro atoms. The van der Waals surface area contributed by atoms with Crippen molar-refractivity contribution < 1.29 is 23.4 Å². The molecule has 0 fully saturated rings. The highest BCUT2D eigenvalue weighted by Crippen LogP contribution is 2.43. The lowest BCUT2D eigenvalue weighted by atomic mass is 9.96. The maximum Gasteiger partial charge on any atom is 0.227 e. The van der Waals surface area contributed by atoms with Gasteiger partial charge in [0.1, 0.15) is 24.5 Å². The van der Waals surface area contributed by atoms with Gasteiger partial charge in [0.15, 0.2) is 0 Å². The third-order valence-corrected chi connectivity index (χ3v) is 6.51. The zero-order chi connectivity index (χ0) is 24.3. The number of rotatable bonds is 9. The van der Waals surface area contributed by atoms with Crippen molar-refractivity contribution in [2.75, 3.05) is 5.32 Å². The van der Waals surface area contributed by atoms with Gasteiger partial charge in [-0.25, -0.2) is 14.4 Å². The largest absolute Gasteiger partial charge is 0.446 e. The molecule has 10 heteroatoms. The number of ether oxygens (including phenoxy) is 1. The van der Waals surface area contributed by atoms with Crippen molar-refractivity contribution in [3.05, 3.63) is 83.5 Å². The quantitative estimate of drug-likeness (QED) is 0.419. The summed E-state index contributed by atoms with van der Waals surface area (Å²) in [5.41, 5.74) is 5.95. The molecule has 1 amide bonds. The molecule has 2 unspecified atom stereocenters. The van der Waals surface area contributed by atoms with E-state index in [1.54, 1.807) is 44.3 Å². The molecule has 2 atom stereocenters. The van der Waals surface area contributed by atoms with Gasteiger partial charge in [-0.15, -0.1) is 0 Å². The summed E-state index contributed by atoms with van der Waals surface area (Å²) in [5, 5.41) is 12.9. The number of thioether (sulfide) groups is 1. The van der Waals surface area contributed by atoms with Crippen molar-refractivity contribution in [3.63, 3.8) is 0 Å². The number of amides is 1. The average molecular weight is 485 g/mol. The fraction of sp³-hybridized carbons (Fsp3) is 0.292. The number of anilines is 1. The molecule has 178 valence electrons. The Bertz CT molecular complexity index is 1190. The normalized spacial score (nSPS) is 18.1. The van der Waals surface area contributed by atoms with Gasteiger partial charge in [0, 0.05) is 10.5 Å². The number of halogens is 1. The minimum Gasteiger partial charge on any atom is -0.446 e. The van der Waals surface area contributed by atoms with Gasteiger partial charge in [-0.2, -0.15) is 0 Å². The lowest BCUT2D eigenvalue weighted by Crippen LogP contribution is -2.33. The second-order valence-corrected chi connectivity index (χ2v) is 9.51. The third kappa shape index (κ3) is 5.64. The van der Waals surface area contributed by atoms with Crippen LogP contribution in [0.2, 0.25) is 0 Å². The van der Waals surface area contributed by atoms with Gasteiger partial charge < -0.3 is 25.3 Å². The van der Waals surface area contributed by atoms with Crippen LogP contribution in [0, 0.1) is 11.7 Å². The fourth-order valence-electron chi connectivity index (χ4n) is 3.45. The summed E-state index contributed by atoms with van der Waals surface area (Å²) >= 11 is 1.30. The predicted octanol–water partition coefficient (Wildman–Crippen LogP) is 3.78. The summed E-state index contributed by atoms with van der Waals surface area (Å²) in [6, 6.07) is 9.99. The van der Waals surface area contributed by atoms with Crippen LogP contribution in [0.5, 0.6) is 0 Å². The SMILES string of the molecule is CC(C)(O)c1ccc(C2=CC(C(N)=O)C(Nc3cccc(COCc4ncco4)n3)S2)c(F)c1. The van der Waals surface area contributed by atoms with Crippen LogP contribution in [-0.4, -0.2) is 26.4 Å². The summed E-state index contributed by atoms with van der Waals surface area (Å²) in [5.74, 6) is -0.666. The van der Waals surface area contributed by atoms with Crippen LogP contribution in [0.4, 0.5) is 10.2 Å². The molecule has 0 radical (unpaired) electrons. The molecule has 34 heavy (non-hydrogen) atoms. The number of oxazole rings is 1. The van der Waals surface area contributed by atoms with Crippen molar-refractivity contribution in [1.82, 2.24) is 9.97 Å². The van der Waals surface area contributed by atoms with E-state index in [0.717, 1.165) is 0 Å². The molecular weight excluding hydrogens is 459 g/mol. The van der Waals surface area contributed by atoms with Gasteiger partial charge in [-0.3, -0.25) is 4.79 Å². The number of nitrogens with two attached hydrogens (primary N) is 1. The van der Waals surface area contributed by atoms with Crippen molar-refractivity contribution in [2.45, 2.75) is 38.0 Å². The minimum absolute atomic E-state index is 0.222. The minimum atomic E-state index is -1.16. The number of pyridine rings is 1. The topological polar surface area (TPSA) is 124 Å². The van der Waals surface area contributed by atoms with E-state index < -0.39 is 28.6 Å². The molecule has 2 aromatic heterocycles. The van der Waals surface area contributed by atoms with Crippen molar-refractivity contribution in [3.8, 4) is 0 Å². The first kappa shape index (κ1) is 23.9. The predicted molar refractivity (Wildman–Crippen MR) is 127 cm³/mol. The van der Waals surface area contributed by atoms with Crippen LogP contribution in [0.3, 0.4) is 0 Å². The number of carbonyl (C=O) groups is 1. The molecule has 8 nitrogen and oxygen atoms in total. The average Bonchev–Trinajstić information content (AvgIpc) is 3.43. The van der Waals surface area contributed by atoms with E-state index in [1.165, 1.54) is 24.1 Å². The van der Waals surface area contributed by atoms with Crippen LogP contribution in [-0.2, 0) is 28.3 Å². The first-order valence-corrected chi connectivity index (χ1v) is 11.5. The molecule has 0 saturated heterocycles.